The Kier molecular flexibility index (Phi) is 4.18. The Balaban J connectivity index is 1.82. The summed E-state index contributed by atoms with van der Waals surface area (Å²) >= 11 is 0. The number of rotatable bonds is 3. The monoisotopic (exact) mass is 318 g/mol. The molecule has 2 aliphatic heterocycles. The van der Waals surface area contributed by atoms with Crippen LogP contribution in [0.15, 0.2) is 24.3 Å². The lowest BCUT2D eigenvalue weighted by molar-refractivity contribution is -0.148. The van der Waals surface area contributed by atoms with E-state index in [4.69, 9.17) is 9.47 Å². The van der Waals surface area contributed by atoms with E-state index >= 15 is 0 Å². The molecular formula is C16H18N2O5. The first-order valence-electron chi connectivity index (χ1n) is 7.52. The molecule has 0 aliphatic carbocycles. The lowest BCUT2D eigenvalue weighted by atomic mass is 10.2. The van der Waals surface area contributed by atoms with Crippen LogP contribution >= 0.6 is 0 Å². The van der Waals surface area contributed by atoms with Gasteiger partial charge in [-0.2, -0.15) is 0 Å². The molecule has 2 aliphatic rings. The summed E-state index contributed by atoms with van der Waals surface area (Å²) in [6, 6.07) is 7.02. The van der Waals surface area contributed by atoms with Crippen LogP contribution in [0.25, 0.3) is 0 Å². The summed E-state index contributed by atoms with van der Waals surface area (Å²) in [5, 5.41) is 0. The summed E-state index contributed by atoms with van der Waals surface area (Å²) in [4.78, 5) is 39.2. The minimum Gasteiger partial charge on any atom is -0.475 e. The van der Waals surface area contributed by atoms with E-state index in [1.165, 1.54) is 12.0 Å². The predicted octanol–water partition coefficient (Wildman–Crippen LogP) is 0.576. The van der Waals surface area contributed by atoms with Crippen LogP contribution < -0.4 is 9.64 Å². The van der Waals surface area contributed by atoms with Gasteiger partial charge in [0, 0.05) is 13.0 Å². The zero-order chi connectivity index (χ0) is 16.4. The number of esters is 1. The number of likely N-dealkylation sites (tertiary alicyclic amines) is 1. The summed E-state index contributed by atoms with van der Waals surface area (Å²) in [7, 11) is 1.28. The van der Waals surface area contributed by atoms with Gasteiger partial charge in [0.1, 0.15) is 12.3 Å². The fraction of sp³-hybridized carbons (Fsp3) is 0.438. The second kappa shape index (κ2) is 6.28. The van der Waals surface area contributed by atoms with Crippen LogP contribution in [0.3, 0.4) is 0 Å². The highest BCUT2D eigenvalue weighted by Gasteiger charge is 2.35. The van der Waals surface area contributed by atoms with Crippen LogP contribution in [0.4, 0.5) is 5.69 Å². The molecule has 2 amide bonds. The number of benzene rings is 1. The Bertz CT molecular complexity index is 645. The van der Waals surface area contributed by atoms with Crippen molar-refractivity contribution in [3.8, 4) is 5.75 Å². The molecule has 3 rings (SSSR count). The zero-order valence-electron chi connectivity index (χ0n) is 12.9. The minimum atomic E-state index is -0.867. The zero-order valence-corrected chi connectivity index (χ0v) is 12.9. The van der Waals surface area contributed by atoms with Gasteiger partial charge in [-0.25, -0.2) is 4.79 Å². The van der Waals surface area contributed by atoms with E-state index in [-0.39, 0.29) is 24.9 Å². The molecule has 1 fully saturated rings. The molecule has 7 heteroatoms. The summed E-state index contributed by atoms with van der Waals surface area (Å²) in [6.07, 6.45) is 0.391. The van der Waals surface area contributed by atoms with Gasteiger partial charge in [-0.3, -0.25) is 9.59 Å². The van der Waals surface area contributed by atoms with Crippen LogP contribution in [-0.2, 0) is 19.1 Å². The molecule has 0 spiro atoms. The van der Waals surface area contributed by atoms with Crippen LogP contribution in [0.5, 0.6) is 5.75 Å². The van der Waals surface area contributed by atoms with Gasteiger partial charge >= 0.3 is 5.97 Å². The first kappa shape index (κ1) is 15.3. The van der Waals surface area contributed by atoms with E-state index < -0.39 is 12.1 Å². The number of para-hydroxylation sites is 2. The van der Waals surface area contributed by atoms with Gasteiger partial charge in [-0.05, 0) is 18.6 Å². The molecule has 0 radical (unpaired) electrons. The van der Waals surface area contributed by atoms with Crippen molar-refractivity contribution in [2.45, 2.75) is 18.9 Å². The molecule has 1 atom stereocenters. The normalized spacial score (nSPS) is 20.0. The van der Waals surface area contributed by atoms with Gasteiger partial charge in [-0.1, -0.05) is 12.1 Å². The lowest BCUT2D eigenvalue weighted by Crippen LogP contribution is -2.50. The minimum absolute atomic E-state index is 0.00980. The Hall–Kier alpha value is -2.57. The topological polar surface area (TPSA) is 76.2 Å². The Morgan fingerprint density at radius 3 is 2.83 bits per heavy atom. The first-order chi connectivity index (χ1) is 11.1. The number of carbonyl (C=O) groups excluding carboxylic acids is 3. The molecule has 23 heavy (non-hydrogen) atoms. The molecule has 7 nitrogen and oxygen atoms in total. The lowest BCUT2D eigenvalue weighted by Gasteiger charge is -2.34. The average Bonchev–Trinajstić information content (AvgIpc) is 2.97. The molecule has 122 valence electrons. The van der Waals surface area contributed by atoms with E-state index in [9.17, 15) is 14.4 Å². The number of ether oxygens (including phenoxy) is 2. The van der Waals surface area contributed by atoms with E-state index in [2.05, 4.69) is 0 Å². The number of fused-ring (bicyclic) bond motifs is 1. The number of methoxy groups -OCH3 is 1. The van der Waals surface area contributed by atoms with Crippen LogP contribution in [0.2, 0.25) is 0 Å². The highest BCUT2D eigenvalue weighted by Crippen LogP contribution is 2.33. The Labute approximate surface area is 133 Å². The number of anilines is 1. The summed E-state index contributed by atoms with van der Waals surface area (Å²) in [5.41, 5.74) is 0.601. The number of carbonyl (C=O) groups is 3. The van der Waals surface area contributed by atoms with Crippen molar-refractivity contribution in [1.82, 2.24) is 4.90 Å². The summed E-state index contributed by atoms with van der Waals surface area (Å²) in [6.45, 7) is 0.683. The number of amides is 2. The van der Waals surface area contributed by atoms with Gasteiger partial charge in [0.25, 0.3) is 0 Å². The molecule has 0 saturated carbocycles. The van der Waals surface area contributed by atoms with E-state index in [1.54, 1.807) is 29.2 Å². The number of hydrogen-bond donors (Lipinski definition) is 0. The fourth-order valence-corrected chi connectivity index (χ4v) is 2.84. The van der Waals surface area contributed by atoms with Gasteiger partial charge in [0.05, 0.1) is 19.3 Å². The smallest absolute Gasteiger partial charge is 0.348 e. The SMILES string of the molecule is COC(=O)[C@H]1CN(C(=O)CN2CCCC2=O)c2ccccc2O1. The third-order valence-electron chi connectivity index (χ3n) is 4.04. The summed E-state index contributed by atoms with van der Waals surface area (Å²) < 4.78 is 10.3. The maximum Gasteiger partial charge on any atom is 0.348 e. The molecule has 1 aromatic carbocycles. The Morgan fingerprint density at radius 2 is 2.13 bits per heavy atom. The van der Waals surface area contributed by atoms with Crippen molar-refractivity contribution >= 4 is 23.5 Å². The maximum atomic E-state index is 12.6. The second-order valence-corrected chi connectivity index (χ2v) is 5.52. The third-order valence-corrected chi connectivity index (χ3v) is 4.04. The fourth-order valence-electron chi connectivity index (χ4n) is 2.84. The standard InChI is InChI=1S/C16H18N2O5/c1-22-16(21)13-9-18(11-5-2-3-6-12(11)23-13)15(20)10-17-8-4-7-14(17)19/h2-3,5-6,13H,4,7-10H2,1H3/t13-/m1/s1. The van der Waals surface area contributed by atoms with Crippen molar-refractivity contribution in [2.75, 3.05) is 31.6 Å². The molecule has 1 saturated heterocycles. The van der Waals surface area contributed by atoms with Crippen molar-refractivity contribution in [3.63, 3.8) is 0 Å². The largest absolute Gasteiger partial charge is 0.475 e. The molecule has 0 bridgehead atoms. The molecule has 1 aromatic rings. The highest BCUT2D eigenvalue weighted by molar-refractivity contribution is 5.99. The predicted molar refractivity (Wildman–Crippen MR) is 81.0 cm³/mol. The van der Waals surface area contributed by atoms with Gasteiger partial charge in [0.2, 0.25) is 17.9 Å². The molecule has 0 N–H and O–H groups in total. The van der Waals surface area contributed by atoms with Crippen molar-refractivity contribution in [2.24, 2.45) is 0 Å². The maximum absolute atomic E-state index is 12.6. The highest BCUT2D eigenvalue weighted by atomic mass is 16.6. The van der Waals surface area contributed by atoms with Crippen LogP contribution in [0.1, 0.15) is 12.8 Å². The molecule has 0 unspecified atom stereocenters. The van der Waals surface area contributed by atoms with Crippen LogP contribution in [-0.4, -0.2) is 55.5 Å². The van der Waals surface area contributed by atoms with Crippen LogP contribution in [0, 0.1) is 0 Å². The third kappa shape index (κ3) is 2.99. The van der Waals surface area contributed by atoms with Crippen molar-refractivity contribution < 1.29 is 23.9 Å². The summed E-state index contributed by atoms with van der Waals surface area (Å²) in [5.74, 6) is -0.320. The molecular weight excluding hydrogens is 300 g/mol. The van der Waals surface area contributed by atoms with Crippen molar-refractivity contribution in [1.29, 1.82) is 0 Å². The number of nitrogens with zero attached hydrogens (tertiary/aromatic N) is 2. The Morgan fingerprint density at radius 1 is 1.35 bits per heavy atom. The van der Waals surface area contributed by atoms with Gasteiger partial charge in [0.15, 0.2) is 0 Å². The van der Waals surface area contributed by atoms with E-state index in [0.717, 1.165) is 6.42 Å². The quantitative estimate of drug-likeness (QED) is 0.762. The average molecular weight is 318 g/mol. The van der Waals surface area contributed by atoms with Gasteiger partial charge < -0.3 is 19.3 Å². The molecule has 2 heterocycles. The second-order valence-electron chi connectivity index (χ2n) is 5.52. The van der Waals surface area contributed by atoms with Crippen molar-refractivity contribution in [3.05, 3.63) is 24.3 Å². The van der Waals surface area contributed by atoms with E-state index in [0.29, 0.717) is 24.4 Å². The molecule has 0 aromatic heterocycles. The van der Waals surface area contributed by atoms with Gasteiger partial charge in [-0.15, -0.1) is 0 Å². The number of hydrogen-bond acceptors (Lipinski definition) is 5. The first-order valence-corrected chi connectivity index (χ1v) is 7.52. The van der Waals surface area contributed by atoms with E-state index in [1.807, 2.05) is 0 Å².